The van der Waals surface area contributed by atoms with Gasteiger partial charge in [0.25, 0.3) is 5.91 Å². The number of amides is 1. The molecule has 7 heteroatoms. The number of aromatic nitrogens is 1. The number of rotatable bonds is 4. The fraction of sp³-hybridized carbons (Fsp3) is 0.200. The fourth-order valence-corrected chi connectivity index (χ4v) is 3.80. The number of nitrogens with zero attached hydrogens (tertiary/aromatic N) is 2. The molecule has 0 aliphatic carbocycles. The number of benzene rings is 1. The van der Waals surface area contributed by atoms with E-state index < -0.39 is 0 Å². The van der Waals surface area contributed by atoms with Crippen LogP contribution in [-0.2, 0) is 6.54 Å². The Morgan fingerprint density at radius 2 is 1.85 bits per heavy atom. The number of pyridine rings is 1. The molecule has 0 spiro atoms. The Morgan fingerprint density at radius 1 is 1.11 bits per heavy atom. The third kappa shape index (κ3) is 3.73. The first-order valence-corrected chi connectivity index (χ1v) is 9.37. The summed E-state index contributed by atoms with van der Waals surface area (Å²) in [5.74, 6) is 1.12. The molecule has 0 fully saturated rings. The van der Waals surface area contributed by atoms with Gasteiger partial charge in [0.15, 0.2) is 23.9 Å². The predicted molar refractivity (Wildman–Crippen MR) is 102 cm³/mol. The van der Waals surface area contributed by atoms with Crippen LogP contribution in [-0.4, -0.2) is 19.1 Å². The maximum absolute atomic E-state index is 13.2. The molecule has 1 aromatic carbocycles. The van der Waals surface area contributed by atoms with Crippen molar-refractivity contribution in [3.05, 3.63) is 75.4 Å². The Morgan fingerprint density at radius 3 is 2.56 bits per heavy atom. The molecule has 27 heavy (non-hydrogen) atoms. The molecule has 3 heterocycles. The molecular formula is C20H18N2O4S. The van der Waals surface area contributed by atoms with Crippen molar-refractivity contribution in [3.8, 4) is 11.5 Å². The van der Waals surface area contributed by atoms with E-state index in [1.54, 1.807) is 16.2 Å². The van der Waals surface area contributed by atoms with E-state index in [-0.39, 0.29) is 5.91 Å². The van der Waals surface area contributed by atoms with E-state index >= 15 is 0 Å². The van der Waals surface area contributed by atoms with Crippen molar-refractivity contribution in [2.75, 3.05) is 18.1 Å². The normalized spacial score (nSPS) is 12.6. The van der Waals surface area contributed by atoms with E-state index in [1.807, 2.05) is 37.3 Å². The summed E-state index contributed by atoms with van der Waals surface area (Å²) in [5, 5.41) is 11.3. The van der Waals surface area contributed by atoms with Crippen molar-refractivity contribution < 1.29 is 19.0 Å². The lowest BCUT2D eigenvalue weighted by atomic mass is 10.2. The molecule has 0 saturated carbocycles. The summed E-state index contributed by atoms with van der Waals surface area (Å²) >= 11 is 1.65. The van der Waals surface area contributed by atoms with E-state index in [2.05, 4.69) is 0 Å². The lowest BCUT2D eigenvalue weighted by molar-refractivity contribution is -0.605. The molecular weight excluding hydrogens is 364 g/mol. The number of fused-ring (bicyclic) bond motifs is 1. The van der Waals surface area contributed by atoms with Crippen LogP contribution in [0.1, 0.15) is 20.1 Å². The van der Waals surface area contributed by atoms with Crippen LogP contribution in [0.4, 0.5) is 5.69 Å². The van der Waals surface area contributed by atoms with Gasteiger partial charge in [-0.05, 0) is 31.2 Å². The molecule has 0 atom stereocenters. The molecule has 0 radical (unpaired) electrons. The van der Waals surface area contributed by atoms with Gasteiger partial charge in [-0.3, -0.25) is 4.79 Å². The molecule has 1 amide bonds. The lowest BCUT2D eigenvalue weighted by Crippen LogP contribution is -2.32. The molecule has 2 aromatic heterocycles. The second kappa shape index (κ2) is 7.28. The number of carbonyl (C=O) groups excluding carboxylic acids is 1. The van der Waals surface area contributed by atoms with E-state index in [9.17, 15) is 10.0 Å². The molecule has 0 bridgehead atoms. The number of carbonyl (C=O) groups is 1. The van der Waals surface area contributed by atoms with Crippen LogP contribution in [0.3, 0.4) is 0 Å². The average molecular weight is 382 g/mol. The Hall–Kier alpha value is -3.06. The zero-order chi connectivity index (χ0) is 18.8. The number of hydrogen-bond acceptors (Lipinski definition) is 5. The lowest BCUT2D eigenvalue weighted by Gasteiger charge is -2.25. The van der Waals surface area contributed by atoms with Gasteiger partial charge in [-0.15, -0.1) is 11.3 Å². The molecule has 0 N–H and O–H groups in total. The van der Waals surface area contributed by atoms with Gasteiger partial charge in [-0.25, -0.2) is 0 Å². The molecule has 138 valence electrons. The third-order valence-corrected chi connectivity index (χ3v) is 5.23. The van der Waals surface area contributed by atoms with Crippen LogP contribution in [0.2, 0.25) is 0 Å². The number of thiophene rings is 1. The number of anilines is 1. The van der Waals surface area contributed by atoms with Gasteiger partial charge >= 0.3 is 0 Å². The molecule has 0 saturated heterocycles. The summed E-state index contributed by atoms with van der Waals surface area (Å²) in [6, 6.07) is 12.6. The topological polar surface area (TPSA) is 65.7 Å². The van der Waals surface area contributed by atoms with Gasteiger partial charge in [-0.1, -0.05) is 0 Å². The van der Waals surface area contributed by atoms with Crippen LogP contribution in [0.25, 0.3) is 0 Å². The van der Waals surface area contributed by atoms with Gasteiger partial charge in [0.05, 0.1) is 12.1 Å². The summed E-state index contributed by atoms with van der Waals surface area (Å²) in [5.41, 5.74) is 1.17. The van der Waals surface area contributed by atoms with Crippen molar-refractivity contribution in [1.29, 1.82) is 0 Å². The van der Waals surface area contributed by atoms with E-state index in [4.69, 9.17) is 9.47 Å². The maximum Gasteiger partial charge on any atom is 0.259 e. The van der Waals surface area contributed by atoms with Gasteiger partial charge in [0.1, 0.15) is 13.2 Å². The third-order valence-electron chi connectivity index (χ3n) is 4.24. The molecule has 4 rings (SSSR count). The Bertz CT molecular complexity index is 968. The van der Waals surface area contributed by atoms with Crippen molar-refractivity contribution in [1.82, 2.24) is 0 Å². The SMILES string of the molecule is Cc1ccc(CN(C(=O)c2cc[n+]([O-])cc2)c2ccc3c(c2)OCCO3)s1. The number of aryl methyl sites for hydroxylation is 1. The highest BCUT2D eigenvalue weighted by Gasteiger charge is 2.22. The van der Waals surface area contributed by atoms with Crippen molar-refractivity contribution in [3.63, 3.8) is 0 Å². The summed E-state index contributed by atoms with van der Waals surface area (Å²) in [6.45, 7) is 3.47. The summed E-state index contributed by atoms with van der Waals surface area (Å²) in [4.78, 5) is 17.1. The second-order valence-corrected chi connectivity index (χ2v) is 7.55. The van der Waals surface area contributed by atoms with Crippen LogP contribution in [0, 0.1) is 12.1 Å². The van der Waals surface area contributed by atoms with Crippen LogP contribution in [0.5, 0.6) is 11.5 Å². The maximum atomic E-state index is 13.2. The Kier molecular flexibility index (Phi) is 4.68. The minimum atomic E-state index is -0.182. The highest BCUT2D eigenvalue weighted by Crippen LogP contribution is 2.35. The van der Waals surface area contributed by atoms with Crippen LogP contribution >= 0.6 is 11.3 Å². The quantitative estimate of drug-likeness (QED) is 0.513. The van der Waals surface area contributed by atoms with Gasteiger partial charge in [0, 0.05) is 33.6 Å². The average Bonchev–Trinajstić information content (AvgIpc) is 3.11. The Balaban J connectivity index is 1.71. The van der Waals surface area contributed by atoms with Crippen LogP contribution < -0.4 is 19.1 Å². The first-order valence-electron chi connectivity index (χ1n) is 8.56. The molecule has 1 aliphatic heterocycles. The highest BCUT2D eigenvalue weighted by atomic mass is 32.1. The number of hydrogen-bond donors (Lipinski definition) is 0. The first kappa shape index (κ1) is 17.4. The number of ether oxygens (including phenoxy) is 2. The van der Waals surface area contributed by atoms with Gasteiger partial charge in [-0.2, -0.15) is 4.73 Å². The van der Waals surface area contributed by atoms with Crippen molar-refractivity contribution in [2.24, 2.45) is 0 Å². The minimum absolute atomic E-state index is 0.182. The van der Waals surface area contributed by atoms with Crippen LogP contribution in [0.15, 0.2) is 54.9 Å². The van der Waals surface area contributed by atoms with Gasteiger partial charge < -0.3 is 19.6 Å². The minimum Gasteiger partial charge on any atom is -0.619 e. The highest BCUT2D eigenvalue weighted by molar-refractivity contribution is 7.11. The largest absolute Gasteiger partial charge is 0.619 e. The molecule has 1 aliphatic rings. The molecule has 0 unspecified atom stereocenters. The van der Waals surface area contributed by atoms with Crippen molar-refractivity contribution in [2.45, 2.75) is 13.5 Å². The molecule has 6 nitrogen and oxygen atoms in total. The zero-order valence-electron chi connectivity index (χ0n) is 14.8. The van der Waals surface area contributed by atoms with E-state index in [0.29, 0.717) is 47.2 Å². The van der Waals surface area contributed by atoms with Gasteiger partial charge in [0.2, 0.25) is 0 Å². The van der Waals surface area contributed by atoms with E-state index in [1.165, 1.54) is 29.4 Å². The predicted octanol–water partition coefficient (Wildman–Crippen LogP) is 3.31. The second-order valence-electron chi connectivity index (χ2n) is 6.18. The zero-order valence-corrected chi connectivity index (χ0v) is 15.6. The molecule has 3 aromatic rings. The standard InChI is InChI=1S/C20H18N2O4S/c1-14-2-4-17(27-14)13-22(20(23)15-6-8-21(24)9-7-15)16-3-5-18-19(12-16)26-11-10-25-18/h2-9,12H,10-11,13H2,1H3. The Labute approximate surface area is 160 Å². The summed E-state index contributed by atoms with van der Waals surface area (Å²) in [6.07, 6.45) is 2.65. The first-order chi connectivity index (χ1) is 13.1. The summed E-state index contributed by atoms with van der Waals surface area (Å²) in [7, 11) is 0. The monoisotopic (exact) mass is 382 g/mol. The smallest absolute Gasteiger partial charge is 0.259 e. The summed E-state index contributed by atoms with van der Waals surface area (Å²) < 4.78 is 11.9. The fourth-order valence-electron chi connectivity index (χ4n) is 2.92. The van der Waals surface area contributed by atoms with E-state index in [0.717, 1.165) is 4.88 Å². The van der Waals surface area contributed by atoms with Crippen molar-refractivity contribution >= 4 is 22.9 Å².